The minimum atomic E-state index is 0.163. The molecular formula is C26H29NO2S. The number of aryl methyl sites for hydroxylation is 1. The highest BCUT2D eigenvalue weighted by Gasteiger charge is 2.32. The smallest absolute Gasteiger partial charge is 0.209 e. The van der Waals surface area contributed by atoms with Gasteiger partial charge in [0.25, 0.3) is 0 Å². The summed E-state index contributed by atoms with van der Waals surface area (Å²) in [6.07, 6.45) is 5.71. The summed E-state index contributed by atoms with van der Waals surface area (Å²) in [5, 5.41) is 3.27. The number of fused-ring (bicyclic) bond motifs is 2. The first-order valence-corrected chi connectivity index (χ1v) is 12.1. The predicted octanol–water partition coefficient (Wildman–Crippen LogP) is 6.54. The van der Waals surface area contributed by atoms with Crippen LogP contribution in [0.25, 0.3) is 15.8 Å². The lowest BCUT2D eigenvalue weighted by Gasteiger charge is -2.33. The van der Waals surface area contributed by atoms with Crippen LogP contribution >= 0.6 is 11.3 Å². The van der Waals surface area contributed by atoms with Gasteiger partial charge >= 0.3 is 0 Å². The molecule has 1 saturated heterocycles. The van der Waals surface area contributed by atoms with E-state index in [9.17, 15) is 4.79 Å². The van der Waals surface area contributed by atoms with Crippen LogP contribution in [0.15, 0.2) is 47.9 Å². The zero-order valence-corrected chi connectivity index (χ0v) is 18.6. The Bertz CT molecular complexity index is 1100. The van der Waals surface area contributed by atoms with E-state index >= 15 is 0 Å². The molecule has 0 bridgehead atoms. The third kappa shape index (κ3) is 3.36. The number of rotatable bonds is 5. The van der Waals surface area contributed by atoms with Crippen LogP contribution in [0, 0.1) is 11.8 Å². The van der Waals surface area contributed by atoms with E-state index in [2.05, 4.69) is 66.3 Å². The first-order chi connectivity index (χ1) is 14.7. The SMILES string of the molecule is CCn1c(C(=O)C2=CC(CC3CCOCC3)C(C)c3ccccc32)cc2ccsc21. The maximum atomic E-state index is 13.8. The summed E-state index contributed by atoms with van der Waals surface area (Å²) in [4.78, 5) is 15.0. The van der Waals surface area contributed by atoms with Gasteiger partial charge in [0.05, 0.1) is 5.69 Å². The highest BCUT2D eigenvalue weighted by atomic mass is 32.1. The number of carbonyl (C=O) groups excluding carboxylic acids is 1. The molecule has 0 spiro atoms. The number of Topliss-reactive ketones (excluding diaryl/α,β-unsaturated/α-hetero) is 1. The molecule has 3 heterocycles. The predicted molar refractivity (Wildman–Crippen MR) is 124 cm³/mol. The van der Waals surface area contributed by atoms with Crippen molar-refractivity contribution in [1.29, 1.82) is 0 Å². The third-order valence-electron chi connectivity index (χ3n) is 7.01. The van der Waals surface area contributed by atoms with Gasteiger partial charge in [-0.25, -0.2) is 0 Å². The van der Waals surface area contributed by atoms with E-state index in [1.807, 2.05) is 0 Å². The van der Waals surface area contributed by atoms with Crippen LogP contribution in [0.1, 0.15) is 60.6 Å². The quantitative estimate of drug-likeness (QED) is 0.440. The van der Waals surface area contributed by atoms with Crippen LogP contribution in [0.4, 0.5) is 0 Å². The van der Waals surface area contributed by atoms with E-state index in [-0.39, 0.29) is 5.78 Å². The van der Waals surface area contributed by atoms with E-state index in [1.165, 1.54) is 15.8 Å². The molecule has 2 aliphatic rings. The number of hydrogen-bond donors (Lipinski definition) is 0. The number of aromatic nitrogens is 1. The van der Waals surface area contributed by atoms with E-state index in [1.54, 1.807) is 11.3 Å². The number of ether oxygens (including phenoxy) is 1. The fourth-order valence-electron chi connectivity index (χ4n) is 5.27. The number of benzene rings is 1. The molecule has 2 atom stereocenters. The molecular weight excluding hydrogens is 390 g/mol. The molecule has 0 radical (unpaired) electrons. The maximum absolute atomic E-state index is 13.8. The van der Waals surface area contributed by atoms with Gasteiger partial charge in [0.1, 0.15) is 4.83 Å². The summed E-state index contributed by atoms with van der Waals surface area (Å²) in [5.74, 6) is 1.68. The average molecular weight is 420 g/mol. The van der Waals surface area contributed by atoms with Gasteiger partial charge in [-0.05, 0) is 72.6 Å². The van der Waals surface area contributed by atoms with Crippen LogP contribution in [0.5, 0.6) is 0 Å². The van der Waals surface area contributed by atoms with Crippen LogP contribution in [-0.2, 0) is 11.3 Å². The van der Waals surface area contributed by atoms with Crippen molar-refractivity contribution >= 4 is 32.9 Å². The number of thiophene rings is 1. The first kappa shape index (κ1) is 19.8. The lowest BCUT2D eigenvalue weighted by molar-refractivity contribution is 0.0595. The van der Waals surface area contributed by atoms with Crippen LogP contribution < -0.4 is 0 Å². The molecule has 1 aliphatic heterocycles. The highest BCUT2D eigenvalue weighted by molar-refractivity contribution is 7.16. The number of carbonyl (C=O) groups is 1. The zero-order valence-electron chi connectivity index (χ0n) is 17.8. The summed E-state index contributed by atoms with van der Waals surface area (Å²) in [5.41, 5.74) is 4.14. The van der Waals surface area contributed by atoms with Crippen LogP contribution in [0.3, 0.4) is 0 Å². The Kier molecular flexibility index (Phi) is 5.38. The summed E-state index contributed by atoms with van der Waals surface area (Å²) in [6, 6.07) is 12.7. The van der Waals surface area contributed by atoms with Crippen molar-refractivity contribution in [3.8, 4) is 0 Å². The molecule has 4 heteroatoms. The van der Waals surface area contributed by atoms with Gasteiger partial charge < -0.3 is 9.30 Å². The van der Waals surface area contributed by atoms with Gasteiger partial charge in [-0.3, -0.25) is 4.79 Å². The van der Waals surface area contributed by atoms with E-state index < -0.39 is 0 Å². The minimum Gasteiger partial charge on any atom is -0.381 e. The number of allylic oxidation sites excluding steroid dienone is 2. The highest BCUT2D eigenvalue weighted by Crippen LogP contribution is 2.43. The van der Waals surface area contributed by atoms with Crippen molar-refractivity contribution in [2.75, 3.05) is 13.2 Å². The van der Waals surface area contributed by atoms with E-state index in [4.69, 9.17) is 4.74 Å². The van der Waals surface area contributed by atoms with Crippen molar-refractivity contribution in [3.63, 3.8) is 0 Å². The monoisotopic (exact) mass is 419 g/mol. The topological polar surface area (TPSA) is 31.2 Å². The minimum absolute atomic E-state index is 0.163. The molecule has 0 N–H and O–H groups in total. The van der Waals surface area contributed by atoms with Gasteiger partial charge in [-0.15, -0.1) is 11.3 Å². The van der Waals surface area contributed by atoms with Gasteiger partial charge in [0, 0.05) is 30.7 Å². The van der Waals surface area contributed by atoms with Gasteiger partial charge in [0.15, 0.2) is 0 Å². The summed E-state index contributed by atoms with van der Waals surface area (Å²) < 4.78 is 7.74. The van der Waals surface area contributed by atoms with Crippen molar-refractivity contribution in [2.45, 2.75) is 45.6 Å². The zero-order chi connectivity index (χ0) is 20.7. The van der Waals surface area contributed by atoms with E-state index in [0.29, 0.717) is 17.8 Å². The Morgan fingerprint density at radius 3 is 2.80 bits per heavy atom. The van der Waals surface area contributed by atoms with Gasteiger partial charge in [0.2, 0.25) is 5.78 Å². The largest absolute Gasteiger partial charge is 0.381 e. The molecule has 3 nitrogen and oxygen atoms in total. The van der Waals surface area contributed by atoms with Crippen molar-refractivity contribution in [3.05, 3.63) is 64.7 Å². The molecule has 3 aromatic rings. The van der Waals surface area contributed by atoms with Gasteiger partial charge in [-0.1, -0.05) is 37.3 Å². The Morgan fingerprint density at radius 2 is 2.00 bits per heavy atom. The summed E-state index contributed by atoms with van der Waals surface area (Å²) in [7, 11) is 0. The molecule has 2 unspecified atom stereocenters. The lowest BCUT2D eigenvalue weighted by atomic mass is 9.72. The normalized spacial score (nSPS) is 22.1. The third-order valence-corrected chi connectivity index (χ3v) is 7.96. The second-order valence-electron chi connectivity index (χ2n) is 8.70. The summed E-state index contributed by atoms with van der Waals surface area (Å²) >= 11 is 1.71. The van der Waals surface area contributed by atoms with Gasteiger partial charge in [-0.2, -0.15) is 0 Å². The first-order valence-electron chi connectivity index (χ1n) is 11.2. The number of hydrogen-bond acceptors (Lipinski definition) is 3. The molecule has 0 amide bonds. The number of nitrogens with zero attached hydrogens (tertiary/aromatic N) is 1. The summed E-state index contributed by atoms with van der Waals surface area (Å²) in [6.45, 7) is 7.00. The Labute approximate surface area is 182 Å². The van der Waals surface area contributed by atoms with Crippen molar-refractivity contribution < 1.29 is 9.53 Å². The fraction of sp³-hybridized carbons (Fsp3) is 0.423. The van der Waals surface area contributed by atoms with Crippen molar-refractivity contribution in [2.24, 2.45) is 11.8 Å². The molecule has 2 aromatic heterocycles. The fourth-order valence-corrected chi connectivity index (χ4v) is 6.23. The standard InChI is InChI=1S/C26H29NO2S/c1-3-27-24(16-19-10-13-30-26(19)27)25(28)23-15-20(14-18-8-11-29-12-9-18)17(2)21-6-4-5-7-22(21)23/h4-7,10,13,15-18,20H,3,8-9,11-12,14H2,1-2H3. The van der Waals surface area contributed by atoms with Crippen LogP contribution in [0.2, 0.25) is 0 Å². The Morgan fingerprint density at radius 1 is 1.20 bits per heavy atom. The lowest BCUT2D eigenvalue weighted by Crippen LogP contribution is -2.24. The van der Waals surface area contributed by atoms with Crippen LogP contribution in [-0.4, -0.2) is 23.6 Å². The molecule has 30 heavy (non-hydrogen) atoms. The number of ketones is 1. The molecule has 1 aliphatic carbocycles. The van der Waals surface area contributed by atoms with E-state index in [0.717, 1.165) is 55.9 Å². The molecule has 156 valence electrons. The molecule has 1 fully saturated rings. The second kappa shape index (κ2) is 8.16. The average Bonchev–Trinajstić information content (AvgIpc) is 3.37. The molecule has 5 rings (SSSR count). The molecule has 1 aromatic carbocycles. The molecule has 0 saturated carbocycles. The Hall–Kier alpha value is -2.17. The van der Waals surface area contributed by atoms with Crippen molar-refractivity contribution in [1.82, 2.24) is 4.57 Å². The Balaban J connectivity index is 1.55. The maximum Gasteiger partial charge on any atom is 0.209 e. The second-order valence-corrected chi connectivity index (χ2v) is 9.59.